The number of aromatic nitrogens is 1. The van der Waals surface area contributed by atoms with Gasteiger partial charge in [-0.3, -0.25) is 9.59 Å². The molecule has 3 rings (SSSR count). The highest BCUT2D eigenvalue weighted by Crippen LogP contribution is 2.35. The largest absolute Gasteiger partial charge is 0.469 e. The molecule has 0 radical (unpaired) electrons. The van der Waals surface area contributed by atoms with Gasteiger partial charge in [-0.15, -0.1) is 0 Å². The number of benzene rings is 2. The van der Waals surface area contributed by atoms with Crippen molar-refractivity contribution in [2.24, 2.45) is 0 Å². The number of esters is 1. The molecule has 2 aromatic carbocycles. The number of carbonyl (C=O) groups excluding carboxylic acids is 2. The lowest BCUT2D eigenvalue weighted by atomic mass is 10.0. The van der Waals surface area contributed by atoms with Crippen LogP contribution in [-0.4, -0.2) is 37.4 Å². The van der Waals surface area contributed by atoms with Gasteiger partial charge in [0.25, 0.3) is 0 Å². The third-order valence-corrected chi connectivity index (χ3v) is 7.62. The SMILES string of the molecule is COC(=O)CCCCC(=O)CCCC(O)c1ccc2ccc(OS(=O)(=O)c3ccccc3)c(Br)c2n1. The molecule has 0 fully saturated rings. The molecule has 1 heterocycles. The van der Waals surface area contributed by atoms with Crippen LogP contribution in [0.2, 0.25) is 0 Å². The molecule has 0 aliphatic carbocycles. The second-order valence-electron chi connectivity index (χ2n) is 8.27. The lowest BCUT2D eigenvalue weighted by Gasteiger charge is -2.13. The first-order valence-corrected chi connectivity index (χ1v) is 13.8. The molecule has 8 nitrogen and oxygen atoms in total. The van der Waals surface area contributed by atoms with Gasteiger partial charge in [-0.25, -0.2) is 4.98 Å². The molecule has 0 aliphatic rings. The van der Waals surface area contributed by atoms with Crippen molar-refractivity contribution in [3.8, 4) is 5.75 Å². The summed E-state index contributed by atoms with van der Waals surface area (Å²) in [5.74, 6) is -0.109. The van der Waals surface area contributed by atoms with Crippen LogP contribution in [0.4, 0.5) is 0 Å². The number of hydrogen-bond donors (Lipinski definition) is 1. The van der Waals surface area contributed by atoms with Gasteiger partial charge in [-0.2, -0.15) is 8.42 Å². The van der Waals surface area contributed by atoms with E-state index >= 15 is 0 Å². The number of nitrogens with zero attached hydrogens (tertiary/aromatic N) is 1. The van der Waals surface area contributed by atoms with E-state index in [9.17, 15) is 23.1 Å². The number of aliphatic hydroxyl groups excluding tert-OH is 1. The Morgan fingerprint density at radius 1 is 0.972 bits per heavy atom. The summed E-state index contributed by atoms with van der Waals surface area (Å²) in [6, 6.07) is 14.6. The second kappa shape index (κ2) is 12.9. The fraction of sp³-hybridized carbons (Fsp3) is 0.346. The highest BCUT2D eigenvalue weighted by molar-refractivity contribution is 9.10. The van der Waals surface area contributed by atoms with Crippen molar-refractivity contribution in [3.63, 3.8) is 0 Å². The van der Waals surface area contributed by atoms with E-state index in [0.717, 1.165) is 5.39 Å². The number of carbonyl (C=O) groups is 2. The zero-order chi connectivity index (χ0) is 26.1. The van der Waals surface area contributed by atoms with Gasteiger partial charge >= 0.3 is 16.1 Å². The number of pyridine rings is 1. The van der Waals surface area contributed by atoms with E-state index in [2.05, 4.69) is 25.7 Å². The maximum absolute atomic E-state index is 12.6. The first-order valence-electron chi connectivity index (χ1n) is 11.6. The number of halogens is 1. The number of aliphatic hydroxyl groups is 1. The molecule has 0 saturated carbocycles. The summed E-state index contributed by atoms with van der Waals surface area (Å²) in [5.41, 5.74) is 0.866. The number of ketones is 1. The van der Waals surface area contributed by atoms with Crippen molar-refractivity contribution < 1.29 is 32.0 Å². The normalized spacial score (nSPS) is 12.3. The number of Topliss-reactive ketones (excluding diaryl/α,β-unsaturated/α-hetero) is 1. The third-order valence-electron chi connectivity index (χ3n) is 5.61. The second-order valence-corrected chi connectivity index (χ2v) is 10.6. The predicted molar refractivity (Wildman–Crippen MR) is 138 cm³/mol. The van der Waals surface area contributed by atoms with Crippen molar-refractivity contribution in [1.82, 2.24) is 4.98 Å². The van der Waals surface area contributed by atoms with Gasteiger partial charge in [0.05, 0.1) is 28.9 Å². The number of rotatable bonds is 13. The van der Waals surface area contributed by atoms with Crippen LogP contribution >= 0.6 is 15.9 Å². The van der Waals surface area contributed by atoms with Gasteiger partial charge in [-0.1, -0.05) is 24.3 Å². The van der Waals surface area contributed by atoms with Crippen LogP contribution in [0.25, 0.3) is 10.9 Å². The van der Waals surface area contributed by atoms with Crippen LogP contribution in [0.3, 0.4) is 0 Å². The number of unbranched alkanes of at least 4 members (excludes halogenated alkanes) is 1. The zero-order valence-electron chi connectivity index (χ0n) is 19.9. The van der Waals surface area contributed by atoms with Gasteiger partial charge in [0, 0.05) is 24.6 Å². The minimum Gasteiger partial charge on any atom is -0.469 e. The Morgan fingerprint density at radius 3 is 2.36 bits per heavy atom. The summed E-state index contributed by atoms with van der Waals surface area (Å²) in [7, 11) is -2.69. The molecule has 0 bridgehead atoms. The number of hydrogen-bond acceptors (Lipinski definition) is 8. The predicted octanol–water partition coefficient (Wildman–Crippen LogP) is 5.27. The van der Waals surface area contributed by atoms with Crippen LogP contribution in [0.1, 0.15) is 56.7 Å². The Morgan fingerprint density at radius 2 is 1.64 bits per heavy atom. The Labute approximate surface area is 218 Å². The molecule has 0 saturated heterocycles. The van der Waals surface area contributed by atoms with Crippen molar-refractivity contribution in [3.05, 3.63) is 64.8 Å². The molecule has 3 aromatic rings. The summed E-state index contributed by atoms with van der Waals surface area (Å²) >= 11 is 3.40. The van der Waals surface area contributed by atoms with E-state index in [4.69, 9.17) is 4.18 Å². The monoisotopic (exact) mass is 577 g/mol. The van der Waals surface area contributed by atoms with E-state index in [0.29, 0.717) is 60.6 Å². The van der Waals surface area contributed by atoms with E-state index in [1.807, 2.05) is 0 Å². The highest BCUT2D eigenvalue weighted by Gasteiger charge is 2.20. The Bertz CT molecular complexity index is 1310. The average Bonchev–Trinajstić information content (AvgIpc) is 2.88. The van der Waals surface area contributed by atoms with Gasteiger partial charge in [-0.05, 0) is 71.9 Å². The van der Waals surface area contributed by atoms with Crippen LogP contribution < -0.4 is 4.18 Å². The lowest BCUT2D eigenvalue weighted by molar-refractivity contribution is -0.140. The zero-order valence-corrected chi connectivity index (χ0v) is 22.3. The topological polar surface area (TPSA) is 120 Å². The summed E-state index contributed by atoms with van der Waals surface area (Å²) in [4.78, 5) is 27.7. The molecule has 1 atom stereocenters. The van der Waals surface area contributed by atoms with Crippen LogP contribution in [0.15, 0.2) is 64.0 Å². The summed E-state index contributed by atoms with van der Waals surface area (Å²) < 4.78 is 35.5. The quantitative estimate of drug-likeness (QED) is 0.166. The molecule has 0 spiro atoms. The standard InChI is InChI=1S/C26H28BrNO7S/c1-34-24(31)13-6-5-8-19(29)9-7-12-22(30)21-16-14-18-15-17-23(25(27)26(18)28-21)35-36(32,33)20-10-3-2-4-11-20/h2-4,10-11,14-17,22,30H,5-9,12-13H2,1H3. The van der Waals surface area contributed by atoms with Crippen molar-refractivity contribution in [2.45, 2.75) is 55.9 Å². The fourth-order valence-electron chi connectivity index (χ4n) is 3.61. The Kier molecular flexibility index (Phi) is 9.98. The van der Waals surface area contributed by atoms with Gasteiger partial charge in [0.15, 0.2) is 5.75 Å². The summed E-state index contributed by atoms with van der Waals surface area (Å²) in [5, 5.41) is 11.4. The van der Waals surface area contributed by atoms with Crippen LogP contribution in [0.5, 0.6) is 5.75 Å². The van der Waals surface area contributed by atoms with Crippen molar-refractivity contribution in [2.75, 3.05) is 7.11 Å². The fourth-order valence-corrected chi connectivity index (χ4v) is 5.21. The highest BCUT2D eigenvalue weighted by atomic mass is 79.9. The Balaban J connectivity index is 1.61. The number of ether oxygens (including phenoxy) is 1. The average molecular weight is 578 g/mol. The summed E-state index contributed by atoms with van der Waals surface area (Å²) in [6.07, 6.45) is 2.22. The minimum absolute atomic E-state index is 0.0344. The maximum atomic E-state index is 12.6. The molecular weight excluding hydrogens is 550 g/mol. The van der Waals surface area contributed by atoms with E-state index in [-0.39, 0.29) is 22.4 Å². The van der Waals surface area contributed by atoms with Gasteiger partial charge in [0.1, 0.15) is 10.7 Å². The van der Waals surface area contributed by atoms with Gasteiger partial charge < -0.3 is 14.0 Å². The number of fused-ring (bicyclic) bond motifs is 1. The van der Waals surface area contributed by atoms with E-state index < -0.39 is 16.2 Å². The lowest BCUT2D eigenvalue weighted by Crippen LogP contribution is -2.10. The Hall–Kier alpha value is -2.82. The molecule has 192 valence electrons. The molecule has 0 amide bonds. The third kappa shape index (κ3) is 7.59. The maximum Gasteiger partial charge on any atom is 0.339 e. The molecule has 0 aliphatic heterocycles. The smallest absolute Gasteiger partial charge is 0.339 e. The van der Waals surface area contributed by atoms with Crippen molar-refractivity contribution in [1.29, 1.82) is 0 Å². The van der Waals surface area contributed by atoms with Crippen LogP contribution in [-0.2, 0) is 24.4 Å². The van der Waals surface area contributed by atoms with E-state index in [1.165, 1.54) is 19.2 Å². The van der Waals surface area contributed by atoms with Crippen molar-refractivity contribution >= 4 is 48.7 Å². The molecule has 1 unspecified atom stereocenters. The molecule has 36 heavy (non-hydrogen) atoms. The molecule has 10 heteroatoms. The minimum atomic E-state index is -4.03. The molecule has 1 N–H and O–H groups in total. The molecular formula is C26H28BrNO7S. The van der Waals surface area contributed by atoms with Crippen LogP contribution in [0, 0.1) is 0 Å². The van der Waals surface area contributed by atoms with Gasteiger partial charge in [0.2, 0.25) is 0 Å². The molecule has 1 aromatic heterocycles. The number of methoxy groups -OCH3 is 1. The van der Waals surface area contributed by atoms with E-state index in [1.54, 1.807) is 42.5 Å². The first-order chi connectivity index (χ1) is 17.2. The summed E-state index contributed by atoms with van der Waals surface area (Å²) in [6.45, 7) is 0. The first kappa shape index (κ1) is 27.8.